The van der Waals surface area contributed by atoms with Gasteiger partial charge in [0, 0.05) is 17.2 Å². The number of benzene rings is 4. The lowest BCUT2D eigenvalue weighted by atomic mass is 10.00. The maximum Gasteiger partial charge on any atom is 0.340 e. The minimum Gasteiger partial charge on any atom is -0.445 e. The van der Waals surface area contributed by atoms with Crippen molar-refractivity contribution in [1.29, 1.82) is 0 Å². The van der Waals surface area contributed by atoms with E-state index < -0.39 is 48.1 Å². The van der Waals surface area contributed by atoms with Gasteiger partial charge in [0.2, 0.25) is 15.6 Å². The Kier molecular flexibility index (Phi) is 7.03. The van der Waals surface area contributed by atoms with Crippen molar-refractivity contribution in [1.82, 2.24) is 0 Å². The first-order valence-corrected chi connectivity index (χ1v) is 12.2. The Morgan fingerprint density at radius 1 is 0.722 bits per heavy atom. The van der Waals surface area contributed by atoms with Crippen molar-refractivity contribution < 1.29 is 27.7 Å². The average molecular weight is 502 g/mol. The molecule has 0 fully saturated rings. The van der Waals surface area contributed by atoms with Gasteiger partial charge in [0.05, 0.1) is 15.4 Å². The van der Waals surface area contributed by atoms with Crippen molar-refractivity contribution in [2.24, 2.45) is 0 Å². The van der Waals surface area contributed by atoms with Crippen LogP contribution in [0.25, 0.3) is 0 Å². The first kappa shape index (κ1) is 24.5. The summed E-state index contributed by atoms with van der Waals surface area (Å²) in [5.74, 6) is -1.56. The summed E-state index contributed by atoms with van der Waals surface area (Å²) in [6.07, 6.45) is -1.34. The van der Waals surface area contributed by atoms with Crippen LogP contribution >= 0.6 is 0 Å². The van der Waals surface area contributed by atoms with Gasteiger partial charge in [0.15, 0.2) is 6.10 Å². The molecule has 0 unspecified atom stereocenters. The van der Waals surface area contributed by atoms with E-state index in [4.69, 9.17) is 4.74 Å². The maximum absolute atomic E-state index is 13.4. The van der Waals surface area contributed by atoms with Crippen LogP contribution in [0.4, 0.5) is 5.69 Å². The van der Waals surface area contributed by atoms with Crippen molar-refractivity contribution in [3.05, 3.63) is 136 Å². The van der Waals surface area contributed by atoms with Crippen LogP contribution in [0.3, 0.4) is 0 Å². The molecule has 4 rings (SSSR count). The zero-order valence-corrected chi connectivity index (χ0v) is 19.5. The molecule has 0 saturated heterocycles. The molecule has 0 aliphatic heterocycles. The van der Waals surface area contributed by atoms with Crippen molar-refractivity contribution >= 4 is 27.3 Å². The third kappa shape index (κ3) is 4.91. The SMILES string of the molecule is O=C(O[C@@H](C(=O)c1ccccc1)c1ccccc1)c1ccccc1S(=O)(=O)c1ccccc1[N+](=O)[O-]. The second-order valence-electron chi connectivity index (χ2n) is 7.65. The largest absolute Gasteiger partial charge is 0.445 e. The Morgan fingerprint density at radius 3 is 1.89 bits per heavy atom. The van der Waals surface area contributed by atoms with E-state index in [0.29, 0.717) is 11.1 Å². The molecule has 0 radical (unpaired) electrons. The Morgan fingerprint density at radius 2 is 1.25 bits per heavy atom. The molecule has 4 aromatic rings. The van der Waals surface area contributed by atoms with E-state index in [1.807, 2.05) is 0 Å². The molecule has 1 atom stereocenters. The van der Waals surface area contributed by atoms with E-state index in [-0.39, 0.29) is 5.56 Å². The molecule has 0 aliphatic carbocycles. The second-order valence-corrected chi connectivity index (χ2v) is 9.54. The quantitative estimate of drug-likeness (QED) is 0.141. The van der Waals surface area contributed by atoms with E-state index in [1.54, 1.807) is 60.7 Å². The van der Waals surface area contributed by atoms with E-state index >= 15 is 0 Å². The summed E-state index contributed by atoms with van der Waals surface area (Å²) in [7, 11) is -4.49. The standard InChI is InChI=1S/C27H19NO7S/c29-25(19-11-3-1-4-12-19)26(20-13-5-2-6-14-20)35-27(30)21-15-7-9-17-23(21)36(33,34)24-18-10-8-16-22(24)28(31)32/h1-18,26H/t26-/m1/s1. The number of ether oxygens (including phenoxy) is 1. The summed E-state index contributed by atoms with van der Waals surface area (Å²) >= 11 is 0. The Balaban J connectivity index is 1.76. The molecule has 4 aromatic carbocycles. The zero-order chi connectivity index (χ0) is 25.7. The fraction of sp³-hybridized carbons (Fsp3) is 0.0370. The van der Waals surface area contributed by atoms with Gasteiger partial charge < -0.3 is 4.74 Å². The van der Waals surface area contributed by atoms with E-state index in [0.717, 1.165) is 12.1 Å². The number of rotatable bonds is 8. The first-order chi connectivity index (χ1) is 17.3. The molecule has 8 nitrogen and oxygen atoms in total. The highest BCUT2D eigenvalue weighted by atomic mass is 32.2. The number of nitro benzene ring substituents is 1. The number of carbonyl (C=O) groups excluding carboxylic acids is 2. The highest BCUT2D eigenvalue weighted by Gasteiger charge is 2.33. The molecule has 0 N–H and O–H groups in total. The van der Waals surface area contributed by atoms with Crippen molar-refractivity contribution in [2.75, 3.05) is 0 Å². The molecule has 0 heterocycles. The number of sulfone groups is 1. The van der Waals surface area contributed by atoms with E-state index in [1.165, 1.54) is 36.4 Å². The molecule has 0 saturated carbocycles. The highest BCUT2D eigenvalue weighted by Crippen LogP contribution is 2.32. The monoisotopic (exact) mass is 501 g/mol. The smallest absolute Gasteiger partial charge is 0.340 e. The number of nitro groups is 1. The summed E-state index contributed by atoms with van der Waals surface area (Å²) in [4.78, 5) is 36.2. The average Bonchev–Trinajstić information content (AvgIpc) is 2.92. The molecule has 0 amide bonds. The van der Waals surface area contributed by atoms with Gasteiger partial charge in [0.1, 0.15) is 4.90 Å². The molecular formula is C27H19NO7S. The van der Waals surface area contributed by atoms with Crippen LogP contribution in [0.15, 0.2) is 119 Å². The predicted molar refractivity (Wildman–Crippen MR) is 130 cm³/mol. The topological polar surface area (TPSA) is 121 Å². The first-order valence-electron chi connectivity index (χ1n) is 10.7. The Bertz CT molecular complexity index is 1530. The fourth-order valence-corrected chi connectivity index (χ4v) is 5.26. The number of carbonyl (C=O) groups is 2. The molecule has 9 heteroatoms. The van der Waals surface area contributed by atoms with Gasteiger partial charge in [-0.25, -0.2) is 13.2 Å². The van der Waals surface area contributed by atoms with E-state index in [9.17, 15) is 28.1 Å². The molecule has 36 heavy (non-hydrogen) atoms. The van der Waals surface area contributed by atoms with Crippen molar-refractivity contribution in [2.45, 2.75) is 15.9 Å². The summed E-state index contributed by atoms with van der Waals surface area (Å²) in [5.41, 5.74) is -0.266. The lowest BCUT2D eigenvalue weighted by Crippen LogP contribution is -2.21. The summed E-state index contributed by atoms with van der Waals surface area (Å²) in [6, 6.07) is 26.7. The number of hydrogen-bond acceptors (Lipinski definition) is 7. The third-order valence-corrected chi connectivity index (χ3v) is 7.23. The number of para-hydroxylation sites is 1. The summed E-state index contributed by atoms with van der Waals surface area (Å²) < 4.78 is 32.4. The van der Waals surface area contributed by atoms with E-state index in [2.05, 4.69) is 0 Å². The number of Topliss-reactive ketones (excluding diaryl/α,β-unsaturated/α-hetero) is 1. The molecule has 0 aliphatic rings. The van der Waals surface area contributed by atoms with Crippen LogP contribution in [-0.4, -0.2) is 25.1 Å². The summed E-state index contributed by atoms with van der Waals surface area (Å²) in [6.45, 7) is 0. The molecular weight excluding hydrogens is 482 g/mol. The number of esters is 1. The van der Waals surface area contributed by atoms with Gasteiger partial charge in [-0.2, -0.15) is 0 Å². The molecule has 0 bridgehead atoms. The number of nitrogens with zero attached hydrogens (tertiary/aromatic N) is 1. The van der Waals surface area contributed by atoms with Crippen LogP contribution in [0.5, 0.6) is 0 Å². The molecule has 180 valence electrons. The van der Waals surface area contributed by atoms with Gasteiger partial charge in [-0.1, -0.05) is 84.9 Å². The van der Waals surface area contributed by atoms with Crippen LogP contribution in [0.2, 0.25) is 0 Å². The van der Waals surface area contributed by atoms with Crippen LogP contribution in [-0.2, 0) is 14.6 Å². The Hall–Kier alpha value is -4.63. The second kappa shape index (κ2) is 10.3. The summed E-state index contributed by atoms with van der Waals surface area (Å²) in [5, 5.41) is 11.4. The lowest BCUT2D eigenvalue weighted by Gasteiger charge is -2.18. The maximum atomic E-state index is 13.4. The lowest BCUT2D eigenvalue weighted by molar-refractivity contribution is -0.387. The van der Waals surface area contributed by atoms with Gasteiger partial charge in [-0.3, -0.25) is 14.9 Å². The van der Waals surface area contributed by atoms with Crippen LogP contribution in [0.1, 0.15) is 32.4 Å². The van der Waals surface area contributed by atoms with Gasteiger partial charge in [0.25, 0.3) is 5.69 Å². The minimum absolute atomic E-state index is 0.306. The minimum atomic E-state index is -4.49. The molecule has 0 aromatic heterocycles. The normalized spacial score (nSPS) is 11.9. The predicted octanol–water partition coefficient (Wildman–Crippen LogP) is 5.21. The number of hydrogen-bond donors (Lipinski definition) is 0. The highest BCUT2D eigenvalue weighted by molar-refractivity contribution is 7.91. The van der Waals surface area contributed by atoms with Crippen LogP contribution < -0.4 is 0 Å². The van der Waals surface area contributed by atoms with Crippen LogP contribution in [0, 0.1) is 10.1 Å². The fourth-order valence-electron chi connectivity index (χ4n) is 3.65. The van der Waals surface area contributed by atoms with Crippen molar-refractivity contribution in [3.8, 4) is 0 Å². The number of ketones is 1. The van der Waals surface area contributed by atoms with Gasteiger partial charge in [-0.15, -0.1) is 0 Å². The third-order valence-electron chi connectivity index (χ3n) is 5.37. The van der Waals surface area contributed by atoms with Gasteiger partial charge >= 0.3 is 5.97 Å². The zero-order valence-electron chi connectivity index (χ0n) is 18.7. The van der Waals surface area contributed by atoms with Crippen molar-refractivity contribution in [3.63, 3.8) is 0 Å². The molecule has 0 spiro atoms. The Labute approximate surface area is 206 Å². The van der Waals surface area contributed by atoms with Gasteiger partial charge in [-0.05, 0) is 18.2 Å².